The number of ether oxygens (including phenoxy) is 5. The summed E-state index contributed by atoms with van der Waals surface area (Å²) in [7, 11) is 0. The molecule has 3 unspecified atom stereocenters. The normalized spacial score (nSPS) is 27.3. The number of aliphatic hydroxyl groups is 1. The molecule has 6 saturated carbocycles. The van der Waals surface area contributed by atoms with Gasteiger partial charge in [0.05, 0.1) is 76.3 Å². The van der Waals surface area contributed by atoms with Gasteiger partial charge in [0.25, 0.3) is 0 Å². The number of aromatic nitrogens is 6. The quantitative estimate of drug-likeness (QED) is 0.0234. The molecule has 8 heterocycles. The molecule has 0 bridgehead atoms. The third-order valence-electron chi connectivity index (χ3n) is 28.1. The molecule has 10 aliphatic rings. The topological polar surface area (TPSA) is 342 Å². The number of pyridine rings is 2. The van der Waals surface area contributed by atoms with E-state index in [1.807, 2.05) is 142 Å². The molecule has 4 aliphatic heterocycles. The number of anilines is 2. The average molecular weight is 1750 g/mol. The summed E-state index contributed by atoms with van der Waals surface area (Å²) in [4.78, 5) is 124. The van der Waals surface area contributed by atoms with Gasteiger partial charge in [0.15, 0.2) is 23.2 Å². The highest BCUT2D eigenvalue weighted by Gasteiger charge is 2.63. The lowest BCUT2D eigenvalue weighted by atomic mass is 9.77. The Kier molecular flexibility index (Phi) is 28.7. The van der Waals surface area contributed by atoms with Crippen molar-refractivity contribution in [2.24, 2.45) is 69.0 Å². The number of β-amino-alcohol motifs (C(OH)–C–C–N with tert-alkyl or cyclic N) is 1. The fraction of sp³-hybridized carbons (Fsp3) is 0.667. The van der Waals surface area contributed by atoms with Gasteiger partial charge in [0.2, 0.25) is 11.8 Å². The monoisotopic (exact) mass is 1740 g/mol. The van der Waals surface area contributed by atoms with Gasteiger partial charge in [-0.05, 0) is 202 Å². The fourth-order valence-corrected chi connectivity index (χ4v) is 20.7. The first kappa shape index (κ1) is 92.2. The van der Waals surface area contributed by atoms with E-state index >= 15 is 0 Å². The lowest BCUT2D eigenvalue weighted by Gasteiger charge is -2.35. The SMILES string of the molecule is CC(C)Nc1ccn(-c2cc(Cl)c3ccc(OCCN4CCCCC4)cc3n2)n1.CC[C@@H]1C[C@]1(CC(=O)[C@@H]1CC(Oc2cc(-n3ccc(NC(C)C)n3)nc3cc(OCCN4CCCCC4)ccc23)CN1C(=O)[C@@H](CC(=O)OC1C[C@@H]2C[C@@H]2C1)C(C)(C)C)C(=O)O.CC[C@@H]1C[C@]1(CC(=O)[C@@H]1C[C@@H](O)CN1C(=O)[C@@H](CC(=O)OC1C[C@@H]2C[C@@H]2C1)C(C)(C)C)C(=O)O. The van der Waals surface area contributed by atoms with Crippen LogP contribution in [0.1, 0.15) is 224 Å². The van der Waals surface area contributed by atoms with Crippen LogP contribution in [0.25, 0.3) is 33.4 Å². The first-order valence-electron chi connectivity index (χ1n) is 46.3. The van der Waals surface area contributed by atoms with Gasteiger partial charge in [0.1, 0.15) is 60.4 Å². The summed E-state index contributed by atoms with van der Waals surface area (Å²) in [5.74, 6) is 1.75. The number of carbonyl (C=O) groups is 8. The van der Waals surface area contributed by atoms with Crippen LogP contribution in [0.3, 0.4) is 0 Å². The highest BCUT2D eigenvalue weighted by Crippen LogP contribution is 2.60. The molecule has 0 radical (unpaired) electrons. The van der Waals surface area contributed by atoms with Crippen LogP contribution in [0.4, 0.5) is 11.6 Å². The van der Waals surface area contributed by atoms with Crippen molar-refractivity contribution >= 4 is 92.3 Å². The van der Waals surface area contributed by atoms with E-state index in [4.69, 9.17) is 50.4 Å². The fourth-order valence-electron chi connectivity index (χ4n) is 20.4. The maximum atomic E-state index is 14.9. The molecule has 29 heteroatoms. The van der Waals surface area contributed by atoms with Crippen LogP contribution in [0.5, 0.6) is 17.2 Å². The Morgan fingerprint density at radius 2 is 0.952 bits per heavy atom. The molecule has 6 aromatic rings. The third kappa shape index (κ3) is 22.6. The highest BCUT2D eigenvalue weighted by atomic mass is 35.5. The summed E-state index contributed by atoms with van der Waals surface area (Å²) in [6.45, 7) is 31.2. The number of halogens is 1. The zero-order valence-corrected chi connectivity index (χ0v) is 76.0. The smallest absolute Gasteiger partial charge is 0.310 e. The number of rotatable bonds is 34. The summed E-state index contributed by atoms with van der Waals surface area (Å²) in [5.41, 5.74) is -1.94. The molecule has 16 rings (SSSR count). The Labute approximate surface area is 740 Å². The largest absolute Gasteiger partial charge is 0.492 e. The van der Waals surface area contributed by atoms with Gasteiger partial charge in [-0.2, -0.15) is 0 Å². The Balaban J connectivity index is 0.000000169. The van der Waals surface area contributed by atoms with Crippen LogP contribution < -0.4 is 24.8 Å². The maximum Gasteiger partial charge on any atom is 0.310 e. The van der Waals surface area contributed by atoms with Crippen molar-refractivity contribution in [2.75, 3.05) is 76.2 Å². The van der Waals surface area contributed by atoms with Gasteiger partial charge in [-0.3, -0.25) is 48.2 Å². The molecular weight excluding hydrogens is 1610 g/mol. The third-order valence-corrected chi connectivity index (χ3v) is 28.4. The molecule has 28 nitrogen and oxygen atoms in total. The molecule has 4 saturated heterocycles. The number of Topliss-reactive ketones (excluding diaryl/α,β-unsaturated/α-hetero) is 2. The van der Waals surface area contributed by atoms with Gasteiger partial charge in [-0.1, -0.05) is 92.7 Å². The Bertz CT molecular complexity index is 4850. The standard InChI is InChI=1S/C48H66N6O8.C26H39NO7.C22H28ClN5O/c1-7-32-26-48(32,46(58)59)27-40(55)39-23-35(28-53(39)45(57)37(47(4,5)6)24-44(56)62-34-20-30-19-31(30)21-34)61-41-25-43(54-16-13-42(51-54)49-29(2)3)50-38-22-33(11-12-36(38)41)60-18-17-52-14-9-8-10-15-52;1-5-16-11-26(16,24(32)33)12-21(29)20-9-17(28)13-27(20)23(31)19(25(2,3)4)10-22(30)34-18-7-14-6-15(14)8-18;1-16(2)24-21-8-11-28(26-21)22-15-19(23)18-7-6-17(14-20(18)25-22)29-13-12-27-9-4-3-5-10-27/h11-13,16,22,25,29-32,34-35,37,39H,7-10,14-15,17-21,23-24,26-28H2,1-6H3,(H,49,51)(H,58,59);14-20,28H,5-13H2,1-4H3,(H,32,33);6-8,11,14-16H,3-5,9-10,12-13H2,1-2H3,(H,24,26)/t30-,31+,32-,34?,35?,37-,39+,48-;14-,15+,16-,17-,18?,19-,20+,26-;/m11./s1. The average Bonchev–Trinajstić information content (AvgIpc) is 1.58. The van der Waals surface area contributed by atoms with Gasteiger partial charge in [-0.15, -0.1) is 10.2 Å². The summed E-state index contributed by atoms with van der Waals surface area (Å²) in [5, 5.41) is 48.5. The van der Waals surface area contributed by atoms with Crippen molar-refractivity contribution in [1.29, 1.82) is 0 Å². The summed E-state index contributed by atoms with van der Waals surface area (Å²) >= 11 is 6.52. The number of nitrogens with one attached hydrogen (secondary N) is 2. The maximum absolute atomic E-state index is 14.9. The molecule has 10 fully saturated rings. The zero-order valence-electron chi connectivity index (χ0n) is 75.3. The number of ketones is 2. The number of carbonyl (C=O) groups excluding carboxylic acids is 6. The Morgan fingerprint density at radius 3 is 1.38 bits per heavy atom. The molecule has 125 heavy (non-hydrogen) atoms. The van der Waals surface area contributed by atoms with Crippen molar-refractivity contribution in [3.8, 4) is 28.9 Å². The number of benzene rings is 2. The second kappa shape index (κ2) is 38.9. The molecule has 16 atom stereocenters. The number of aliphatic hydroxyl groups excluding tert-OH is 1. The number of hydrogen-bond donors (Lipinski definition) is 5. The van der Waals surface area contributed by atoms with Gasteiger partial charge >= 0.3 is 23.9 Å². The second-order valence-corrected chi connectivity index (χ2v) is 40.7. The predicted octanol–water partition coefficient (Wildman–Crippen LogP) is 14.9. The minimum Gasteiger partial charge on any atom is -0.492 e. The second-order valence-electron chi connectivity index (χ2n) is 40.3. The van der Waals surface area contributed by atoms with E-state index in [9.17, 15) is 53.7 Å². The van der Waals surface area contributed by atoms with E-state index in [-0.39, 0.29) is 105 Å². The van der Waals surface area contributed by atoms with Crippen LogP contribution in [0.15, 0.2) is 73.1 Å². The molecule has 2 aromatic carbocycles. The summed E-state index contributed by atoms with van der Waals surface area (Å²) in [6.07, 6.45) is 17.8. The minimum atomic E-state index is -1.13. The van der Waals surface area contributed by atoms with Crippen LogP contribution >= 0.6 is 11.6 Å². The van der Waals surface area contributed by atoms with Crippen molar-refractivity contribution in [2.45, 2.75) is 273 Å². The number of fused-ring (bicyclic) bond motifs is 4. The van der Waals surface area contributed by atoms with E-state index in [0.29, 0.717) is 108 Å². The van der Waals surface area contributed by atoms with Crippen molar-refractivity contribution < 1.29 is 77.4 Å². The lowest BCUT2D eigenvalue weighted by Crippen LogP contribution is -2.48. The highest BCUT2D eigenvalue weighted by molar-refractivity contribution is 6.35. The van der Waals surface area contributed by atoms with E-state index in [2.05, 4.69) is 39.4 Å². The molecule has 2 amide bonds. The number of nitrogens with zero attached hydrogens (tertiary/aromatic N) is 10. The van der Waals surface area contributed by atoms with Crippen LogP contribution in [0, 0.1) is 69.0 Å². The van der Waals surface area contributed by atoms with Crippen molar-refractivity contribution in [1.82, 2.24) is 49.1 Å². The minimum absolute atomic E-state index is 0.0140. The molecule has 4 aromatic heterocycles. The number of likely N-dealkylation sites (tertiary alicyclic amines) is 4. The number of esters is 2. The van der Waals surface area contributed by atoms with Crippen LogP contribution in [0.2, 0.25) is 5.02 Å². The Morgan fingerprint density at radius 1 is 0.528 bits per heavy atom. The van der Waals surface area contributed by atoms with E-state index < -0.39 is 81.7 Å². The zero-order chi connectivity index (χ0) is 89.1. The lowest BCUT2D eigenvalue weighted by molar-refractivity contribution is -0.157. The van der Waals surface area contributed by atoms with Crippen LogP contribution in [-0.4, -0.2) is 226 Å². The van der Waals surface area contributed by atoms with Crippen LogP contribution in [-0.2, 0) is 47.8 Å². The number of amides is 2. The van der Waals surface area contributed by atoms with Crippen molar-refractivity contribution in [3.63, 3.8) is 0 Å². The number of carboxylic acids is 2. The number of carboxylic acid groups (broad SMARTS) is 2. The van der Waals surface area contributed by atoms with E-state index in [1.54, 1.807) is 14.3 Å². The van der Waals surface area contributed by atoms with E-state index in [0.717, 1.165) is 79.7 Å². The number of piperidine rings is 2. The first-order valence-corrected chi connectivity index (χ1v) is 46.7. The van der Waals surface area contributed by atoms with Gasteiger partial charge in [0, 0.05) is 117 Å². The summed E-state index contributed by atoms with van der Waals surface area (Å²) < 4.78 is 34.1. The first-order chi connectivity index (χ1) is 59.5. The number of aliphatic carboxylic acids is 2. The molecule has 5 N–H and O–H groups in total. The predicted molar refractivity (Wildman–Crippen MR) is 475 cm³/mol. The van der Waals surface area contributed by atoms with Gasteiger partial charge < -0.3 is 59.4 Å². The Hall–Kier alpha value is -8.99. The molecular formula is C96H133ClN12O16. The molecule has 0 spiro atoms. The summed E-state index contributed by atoms with van der Waals surface area (Å²) in [6, 6.07) is 17.8. The number of hydrogen-bond acceptors (Lipinski definition) is 22. The van der Waals surface area contributed by atoms with Gasteiger partial charge in [-0.25, -0.2) is 19.3 Å². The van der Waals surface area contributed by atoms with Crippen molar-refractivity contribution in [3.05, 3.63) is 78.1 Å². The molecule has 6 aliphatic carbocycles. The molecule has 680 valence electrons. The van der Waals surface area contributed by atoms with E-state index in [1.165, 1.54) is 69.4 Å².